The molecule has 1 aromatic heterocycles. The summed E-state index contributed by atoms with van der Waals surface area (Å²) in [6.45, 7) is 2.97. The molecular weight excluding hydrogens is 310 g/mol. The van der Waals surface area contributed by atoms with E-state index >= 15 is 0 Å². The zero-order valence-electron chi connectivity index (χ0n) is 12.7. The number of aromatic nitrogens is 1. The van der Waals surface area contributed by atoms with Crippen molar-refractivity contribution < 1.29 is 9.59 Å². The zero-order chi connectivity index (χ0) is 16.4. The average molecular weight is 325 g/mol. The van der Waals surface area contributed by atoms with Gasteiger partial charge in [0.25, 0.3) is 0 Å². The Morgan fingerprint density at radius 1 is 0.913 bits per heavy atom. The quantitative estimate of drug-likeness (QED) is 0.767. The number of carbonyl (C=O) groups excluding carboxylic acids is 2. The first-order valence-electron chi connectivity index (χ1n) is 7.07. The van der Waals surface area contributed by atoms with Crippen LogP contribution in [-0.4, -0.2) is 16.8 Å². The number of rotatable bonds is 3. The van der Waals surface area contributed by atoms with Gasteiger partial charge >= 0.3 is 0 Å². The number of thiazole rings is 1. The largest absolute Gasteiger partial charge is 0.326 e. The minimum atomic E-state index is -0.0948. The van der Waals surface area contributed by atoms with Crippen molar-refractivity contribution in [3.8, 4) is 10.6 Å². The van der Waals surface area contributed by atoms with E-state index in [0.29, 0.717) is 0 Å². The highest BCUT2D eigenvalue weighted by atomic mass is 32.1. The van der Waals surface area contributed by atoms with E-state index in [0.717, 1.165) is 32.2 Å². The van der Waals surface area contributed by atoms with E-state index in [1.807, 2.05) is 42.5 Å². The monoisotopic (exact) mass is 325 g/mol. The maximum Gasteiger partial charge on any atom is 0.221 e. The summed E-state index contributed by atoms with van der Waals surface area (Å²) in [5, 5.41) is 6.41. The Bertz CT molecular complexity index is 884. The SMILES string of the molecule is CC(=O)Nc1ccc(-c2nc3ccc(NC(C)=O)cc3s2)cc1. The van der Waals surface area contributed by atoms with Crippen molar-refractivity contribution in [3.05, 3.63) is 42.5 Å². The first-order valence-corrected chi connectivity index (χ1v) is 7.89. The van der Waals surface area contributed by atoms with Gasteiger partial charge in [0.1, 0.15) is 5.01 Å². The van der Waals surface area contributed by atoms with Gasteiger partial charge in [0, 0.05) is 30.8 Å². The molecule has 5 nitrogen and oxygen atoms in total. The van der Waals surface area contributed by atoms with E-state index in [1.165, 1.54) is 13.8 Å². The van der Waals surface area contributed by atoms with Crippen LogP contribution in [0.2, 0.25) is 0 Å². The van der Waals surface area contributed by atoms with Crippen molar-refractivity contribution in [1.82, 2.24) is 4.98 Å². The Labute approximate surface area is 137 Å². The number of fused-ring (bicyclic) bond motifs is 1. The van der Waals surface area contributed by atoms with E-state index in [1.54, 1.807) is 11.3 Å². The second-order valence-corrected chi connectivity index (χ2v) is 6.17. The lowest BCUT2D eigenvalue weighted by molar-refractivity contribution is -0.115. The number of hydrogen-bond donors (Lipinski definition) is 2. The molecule has 0 spiro atoms. The lowest BCUT2D eigenvalue weighted by Gasteiger charge is -2.02. The molecule has 0 saturated heterocycles. The summed E-state index contributed by atoms with van der Waals surface area (Å²) >= 11 is 1.56. The summed E-state index contributed by atoms with van der Waals surface area (Å²) in [4.78, 5) is 26.8. The van der Waals surface area contributed by atoms with E-state index < -0.39 is 0 Å². The molecule has 0 radical (unpaired) electrons. The highest BCUT2D eigenvalue weighted by Crippen LogP contribution is 2.32. The number of nitrogens with one attached hydrogen (secondary N) is 2. The number of amides is 2. The van der Waals surface area contributed by atoms with Gasteiger partial charge in [-0.15, -0.1) is 11.3 Å². The van der Waals surface area contributed by atoms with Gasteiger partial charge in [-0.05, 0) is 42.5 Å². The Kier molecular flexibility index (Phi) is 4.08. The molecule has 2 aromatic carbocycles. The van der Waals surface area contributed by atoms with E-state index in [2.05, 4.69) is 15.6 Å². The number of nitrogens with zero attached hydrogens (tertiary/aromatic N) is 1. The molecule has 2 amide bonds. The first-order chi connectivity index (χ1) is 11.0. The van der Waals surface area contributed by atoms with Crippen molar-refractivity contribution in [2.75, 3.05) is 10.6 Å². The van der Waals surface area contributed by atoms with Gasteiger partial charge in [-0.1, -0.05) is 0 Å². The van der Waals surface area contributed by atoms with Crippen LogP contribution in [0.5, 0.6) is 0 Å². The van der Waals surface area contributed by atoms with E-state index in [9.17, 15) is 9.59 Å². The molecule has 116 valence electrons. The summed E-state index contributed by atoms with van der Waals surface area (Å²) in [5.74, 6) is -0.189. The third-order valence-electron chi connectivity index (χ3n) is 3.16. The molecule has 6 heteroatoms. The van der Waals surface area contributed by atoms with Crippen molar-refractivity contribution >= 4 is 44.7 Å². The fraction of sp³-hybridized carbons (Fsp3) is 0.118. The number of hydrogen-bond acceptors (Lipinski definition) is 4. The fourth-order valence-electron chi connectivity index (χ4n) is 2.23. The maximum absolute atomic E-state index is 11.1. The molecule has 0 fully saturated rings. The van der Waals surface area contributed by atoms with E-state index in [-0.39, 0.29) is 11.8 Å². The van der Waals surface area contributed by atoms with Crippen LogP contribution in [0.25, 0.3) is 20.8 Å². The first kappa shape index (κ1) is 15.2. The molecule has 0 aliphatic rings. The third-order valence-corrected chi connectivity index (χ3v) is 4.23. The minimum absolute atomic E-state index is 0.0942. The standard InChI is InChI=1S/C17H15N3O2S/c1-10(21)18-13-5-3-12(4-6-13)17-20-15-8-7-14(19-11(2)22)9-16(15)23-17/h3-9H,1-2H3,(H,18,21)(H,19,22). The molecule has 0 aliphatic carbocycles. The molecule has 0 aliphatic heterocycles. The second-order valence-electron chi connectivity index (χ2n) is 5.14. The molecule has 0 atom stereocenters. The van der Waals surface area contributed by atoms with Gasteiger partial charge in [0.2, 0.25) is 11.8 Å². The molecule has 3 aromatic rings. The topological polar surface area (TPSA) is 71.1 Å². The van der Waals surface area contributed by atoms with Gasteiger partial charge < -0.3 is 10.6 Å². The maximum atomic E-state index is 11.1. The summed E-state index contributed by atoms with van der Waals surface area (Å²) < 4.78 is 1.01. The Hall–Kier alpha value is -2.73. The Morgan fingerprint density at radius 2 is 1.52 bits per heavy atom. The molecule has 0 unspecified atom stereocenters. The zero-order valence-corrected chi connectivity index (χ0v) is 13.5. The van der Waals surface area contributed by atoms with Crippen LogP contribution in [0.4, 0.5) is 11.4 Å². The fourth-order valence-corrected chi connectivity index (χ4v) is 3.24. The normalized spacial score (nSPS) is 10.5. The van der Waals surface area contributed by atoms with Crippen molar-refractivity contribution in [2.45, 2.75) is 13.8 Å². The van der Waals surface area contributed by atoms with Crippen LogP contribution in [0.15, 0.2) is 42.5 Å². The minimum Gasteiger partial charge on any atom is -0.326 e. The Morgan fingerprint density at radius 3 is 2.17 bits per heavy atom. The van der Waals surface area contributed by atoms with Gasteiger partial charge in [0.15, 0.2) is 0 Å². The van der Waals surface area contributed by atoms with E-state index in [4.69, 9.17) is 0 Å². The van der Waals surface area contributed by atoms with Gasteiger partial charge in [-0.2, -0.15) is 0 Å². The number of carbonyl (C=O) groups is 2. The van der Waals surface area contributed by atoms with Crippen LogP contribution in [0.1, 0.15) is 13.8 Å². The lowest BCUT2D eigenvalue weighted by atomic mass is 10.2. The predicted octanol–water partition coefficient (Wildman–Crippen LogP) is 3.88. The van der Waals surface area contributed by atoms with Crippen molar-refractivity contribution in [1.29, 1.82) is 0 Å². The lowest BCUT2D eigenvalue weighted by Crippen LogP contribution is -2.05. The van der Waals surface area contributed by atoms with Crippen molar-refractivity contribution in [3.63, 3.8) is 0 Å². The third kappa shape index (κ3) is 3.54. The van der Waals surface area contributed by atoms with Gasteiger partial charge in [-0.3, -0.25) is 9.59 Å². The summed E-state index contributed by atoms with van der Waals surface area (Å²) in [6, 6.07) is 13.2. The highest BCUT2D eigenvalue weighted by Gasteiger charge is 2.08. The van der Waals surface area contributed by atoms with Crippen LogP contribution in [0, 0.1) is 0 Å². The molecule has 1 heterocycles. The van der Waals surface area contributed by atoms with Crippen molar-refractivity contribution in [2.24, 2.45) is 0 Å². The molecule has 0 saturated carbocycles. The van der Waals surface area contributed by atoms with Crippen LogP contribution < -0.4 is 10.6 Å². The smallest absolute Gasteiger partial charge is 0.221 e. The molecule has 3 rings (SSSR count). The van der Waals surface area contributed by atoms with Crippen LogP contribution in [0.3, 0.4) is 0 Å². The molecule has 0 bridgehead atoms. The summed E-state index contributed by atoms with van der Waals surface area (Å²) in [6.07, 6.45) is 0. The van der Waals surface area contributed by atoms with Crippen LogP contribution >= 0.6 is 11.3 Å². The number of anilines is 2. The van der Waals surface area contributed by atoms with Gasteiger partial charge in [0.05, 0.1) is 10.2 Å². The molecular formula is C17H15N3O2S. The average Bonchev–Trinajstić information content (AvgIpc) is 2.90. The predicted molar refractivity (Wildman–Crippen MR) is 93.7 cm³/mol. The summed E-state index contributed by atoms with van der Waals surface area (Å²) in [5.41, 5.74) is 3.41. The van der Waals surface area contributed by atoms with Gasteiger partial charge in [-0.25, -0.2) is 4.98 Å². The second kappa shape index (κ2) is 6.18. The van der Waals surface area contributed by atoms with Crippen LogP contribution in [-0.2, 0) is 9.59 Å². The number of benzene rings is 2. The molecule has 2 N–H and O–H groups in total. The summed E-state index contributed by atoms with van der Waals surface area (Å²) in [7, 11) is 0. The highest BCUT2D eigenvalue weighted by molar-refractivity contribution is 7.21. The Balaban J connectivity index is 1.90. The molecule has 23 heavy (non-hydrogen) atoms.